The van der Waals surface area contributed by atoms with E-state index in [1.807, 2.05) is 98.5 Å². The van der Waals surface area contributed by atoms with Crippen molar-refractivity contribution in [2.75, 3.05) is 30.3 Å². The van der Waals surface area contributed by atoms with Crippen LogP contribution in [0.15, 0.2) is 91.0 Å². The Balaban J connectivity index is 0.000000313. The number of benzene rings is 3. The van der Waals surface area contributed by atoms with E-state index in [2.05, 4.69) is 22.8 Å². The molecule has 408 valence electrons. The molecule has 2 fully saturated rings. The van der Waals surface area contributed by atoms with Crippen LogP contribution in [-0.2, 0) is 55.1 Å². The summed E-state index contributed by atoms with van der Waals surface area (Å²) in [6.45, 7) is 19.0. The van der Waals surface area contributed by atoms with Crippen LogP contribution in [0.1, 0.15) is 90.8 Å². The normalized spacial score (nSPS) is 16.7. The Kier molecular flexibility index (Phi) is 26.4. The zero-order chi connectivity index (χ0) is 55.1. The van der Waals surface area contributed by atoms with Crippen molar-refractivity contribution in [3.8, 4) is 0 Å². The van der Waals surface area contributed by atoms with Gasteiger partial charge < -0.3 is 44.5 Å². The Bertz CT molecular complexity index is 2250. The number of likely N-dealkylation sites (tertiary alicyclic amines) is 2. The van der Waals surface area contributed by atoms with Gasteiger partial charge in [0.05, 0.1) is 5.92 Å². The molecule has 2 aliphatic heterocycles. The topological polar surface area (TPSA) is 218 Å². The molecule has 0 saturated carbocycles. The van der Waals surface area contributed by atoms with Crippen molar-refractivity contribution in [3.63, 3.8) is 0 Å². The van der Waals surface area contributed by atoms with E-state index < -0.39 is 67.8 Å². The van der Waals surface area contributed by atoms with Crippen LogP contribution in [0, 0.1) is 5.92 Å². The molecule has 4 N–H and O–H groups in total. The lowest BCUT2D eigenvalue weighted by molar-refractivity contribution is -0.148. The molecule has 2 aliphatic rings. The molecule has 0 aliphatic carbocycles. The van der Waals surface area contributed by atoms with Gasteiger partial charge in [0.1, 0.15) is 35.4 Å². The molecule has 2 saturated heterocycles. The Morgan fingerprint density at radius 3 is 1.28 bits per heavy atom. The molecular weight excluding hydrogens is 1020 g/mol. The van der Waals surface area contributed by atoms with E-state index in [0.29, 0.717) is 61.1 Å². The minimum absolute atomic E-state index is 0.260. The lowest BCUT2D eigenvalue weighted by atomic mass is 10.2. The lowest BCUT2D eigenvalue weighted by Crippen LogP contribution is -2.54. The summed E-state index contributed by atoms with van der Waals surface area (Å²) in [5, 5.41) is 23.4. The molecule has 0 bridgehead atoms. The third-order valence-corrected chi connectivity index (χ3v) is 15.0. The Labute approximate surface area is 451 Å². The summed E-state index contributed by atoms with van der Waals surface area (Å²) in [5.41, 5.74) is 2.13. The standard InChI is InChI=1S/C23H36N2O5SSi.C20H28N2O5S.C11H14O2S/c1-23(2,3)29-22(28)24-18(16-31-15-17-11-8-7-9-12-17)20(26)25-14-10-13-19(25)21(27)30-32(4,5)6;1-20(2,3)27-19(26)21-15(13-28-12-14-8-5-4-6-9-14)17(23)22-11-7-10-16(22)18(24)25;1-9(11(12)13)7-14-8-10-5-3-2-4-6-10/h7-9,11-12,18-19H,10,13-16H2,1-6H3,(H,24,28);4-6,8-9,15-16H,7,10-13H2,1-3H3,(H,21,26)(H,24,25);2-6,9H,7-8H2,1H3,(H,12,13)/t18-,19-;15-,16-;9-/m000/s1. The number of alkyl carbamates (subject to hydrolysis) is 2. The highest BCUT2D eigenvalue weighted by atomic mass is 32.2. The number of carbonyl (C=O) groups is 7. The fourth-order valence-corrected chi connectivity index (χ4v) is 11.1. The van der Waals surface area contributed by atoms with Crippen molar-refractivity contribution in [1.82, 2.24) is 20.4 Å². The molecule has 16 nitrogen and oxygen atoms in total. The van der Waals surface area contributed by atoms with Crippen LogP contribution in [0.4, 0.5) is 9.59 Å². The van der Waals surface area contributed by atoms with E-state index in [1.54, 1.807) is 76.9 Å². The van der Waals surface area contributed by atoms with Crippen LogP contribution < -0.4 is 10.6 Å². The van der Waals surface area contributed by atoms with Crippen LogP contribution in [0.2, 0.25) is 19.6 Å². The molecule has 0 unspecified atom stereocenters. The number of carbonyl (C=O) groups excluding carboxylic acids is 5. The first-order chi connectivity index (χ1) is 34.7. The second kappa shape index (κ2) is 31.0. The first-order valence-electron chi connectivity index (χ1n) is 24.9. The Hall–Kier alpha value is -5.18. The number of carboxylic acids is 2. The average molecular weight is 1100 g/mol. The molecule has 74 heavy (non-hydrogen) atoms. The second-order valence-electron chi connectivity index (χ2n) is 20.9. The van der Waals surface area contributed by atoms with E-state index in [1.165, 1.54) is 22.2 Å². The summed E-state index contributed by atoms with van der Waals surface area (Å²) < 4.78 is 16.3. The average Bonchev–Trinajstić information content (AvgIpc) is 4.02. The molecular formula is C54H78N4O12S3Si. The summed E-state index contributed by atoms with van der Waals surface area (Å²) in [4.78, 5) is 88.6. The van der Waals surface area contributed by atoms with Crippen LogP contribution in [0.3, 0.4) is 0 Å². The Morgan fingerprint density at radius 1 is 0.595 bits per heavy atom. The van der Waals surface area contributed by atoms with Crippen molar-refractivity contribution in [2.24, 2.45) is 5.92 Å². The molecule has 20 heteroatoms. The number of hydrogen-bond acceptors (Lipinski definition) is 13. The smallest absolute Gasteiger partial charge is 0.408 e. The number of aliphatic carboxylic acids is 2. The van der Waals surface area contributed by atoms with Gasteiger partial charge in [-0.2, -0.15) is 35.3 Å². The number of hydrogen-bond donors (Lipinski definition) is 4. The summed E-state index contributed by atoms with van der Waals surface area (Å²) in [7, 11) is -2.07. The van der Waals surface area contributed by atoms with Gasteiger partial charge in [-0.3, -0.25) is 19.2 Å². The molecule has 0 radical (unpaired) electrons. The summed E-state index contributed by atoms with van der Waals surface area (Å²) >= 11 is 4.72. The number of nitrogens with zero attached hydrogens (tertiary/aromatic N) is 2. The van der Waals surface area contributed by atoms with Gasteiger partial charge >= 0.3 is 30.1 Å². The van der Waals surface area contributed by atoms with E-state index in [-0.39, 0.29) is 23.7 Å². The van der Waals surface area contributed by atoms with Crippen molar-refractivity contribution < 1.29 is 57.7 Å². The highest BCUT2D eigenvalue weighted by molar-refractivity contribution is 7.99. The van der Waals surface area contributed by atoms with E-state index in [0.717, 1.165) is 23.3 Å². The van der Waals surface area contributed by atoms with Gasteiger partial charge in [-0.25, -0.2) is 14.4 Å². The first kappa shape index (κ1) is 63.1. The van der Waals surface area contributed by atoms with Gasteiger partial charge in [-0.05, 0) is 104 Å². The summed E-state index contributed by atoms with van der Waals surface area (Å²) in [6.07, 6.45) is 1.05. The number of nitrogens with one attached hydrogen (secondary N) is 2. The number of amides is 4. The van der Waals surface area contributed by atoms with Crippen LogP contribution in [-0.4, -0.2) is 136 Å². The SMILES string of the molecule is CC(C)(C)OC(=O)N[C@@H](CSCc1ccccc1)C(=O)N1CCC[C@H]1C(=O)O.CC(C)(C)OC(=O)N[C@@H](CSCc1ccccc1)C(=O)N1CCC[C@H]1C(=O)O[Si](C)(C)C.C[C@@H](CSCc1ccccc1)C(=O)O. The highest BCUT2D eigenvalue weighted by Crippen LogP contribution is 2.25. The van der Waals surface area contributed by atoms with Crippen LogP contribution in [0.25, 0.3) is 0 Å². The molecule has 0 spiro atoms. The molecule has 0 aromatic heterocycles. The quantitative estimate of drug-likeness (QED) is 0.0774. The maximum Gasteiger partial charge on any atom is 0.408 e. The van der Waals surface area contributed by atoms with Gasteiger partial charge in [-0.15, -0.1) is 0 Å². The van der Waals surface area contributed by atoms with E-state index in [4.69, 9.17) is 19.0 Å². The van der Waals surface area contributed by atoms with Gasteiger partial charge in [-0.1, -0.05) is 97.9 Å². The first-order valence-corrected chi connectivity index (χ1v) is 31.7. The second-order valence-corrected chi connectivity index (χ2v) is 28.4. The van der Waals surface area contributed by atoms with Crippen molar-refractivity contribution in [3.05, 3.63) is 108 Å². The number of carboxylic acid groups (broad SMARTS) is 2. The van der Waals surface area contributed by atoms with Gasteiger partial charge in [0, 0.05) is 47.6 Å². The summed E-state index contributed by atoms with van der Waals surface area (Å²) in [6, 6.07) is 26.7. The molecule has 4 amide bonds. The zero-order valence-corrected chi connectivity index (χ0v) is 48.1. The van der Waals surface area contributed by atoms with Crippen molar-refractivity contribution in [1.29, 1.82) is 0 Å². The highest BCUT2D eigenvalue weighted by Gasteiger charge is 2.41. The predicted molar refractivity (Wildman–Crippen MR) is 297 cm³/mol. The van der Waals surface area contributed by atoms with Crippen LogP contribution in [0.5, 0.6) is 0 Å². The van der Waals surface area contributed by atoms with Crippen molar-refractivity contribution >= 4 is 85.5 Å². The molecule has 5 rings (SSSR count). The fraction of sp³-hybridized carbons (Fsp3) is 0.537. The minimum atomic E-state index is -2.07. The van der Waals surface area contributed by atoms with Crippen molar-refractivity contribution in [2.45, 2.75) is 146 Å². The molecule has 3 aromatic carbocycles. The Morgan fingerprint density at radius 2 is 0.946 bits per heavy atom. The summed E-state index contributed by atoms with van der Waals surface area (Å²) in [5.74, 6) is 0.668. The molecule has 2 heterocycles. The minimum Gasteiger partial charge on any atom is -0.518 e. The van der Waals surface area contributed by atoms with Crippen LogP contribution >= 0.6 is 35.3 Å². The van der Waals surface area contributed by atoms with E-state index in [9.17, 15) is 38.7 Å². The zero-order valence-electron chi connectivity index (χ0n) is 44.6. The number of rotatable bonds is 20. The number of thioether (sulfide) groups is 3. The maximum atomic E-state index is 13.4. The lowest BCUT2D eigenvalue weighted by Gasteiger charge is -2.30. The number of ether oxygens (including phenoxy) is 2. The van der Waals surface area contributed by atoms with Gasteiger partial charge in [0.15, 0.2) is 0 Å². The molecule has 3 aromatic rings. The monoisotopic (exact) mass is 1100 g/mol. The van der Waals surface area contributed by atoms with Gasteiger partial charge in [0.2, 0.25) is 20.1 Å². The third-order valence-electron chi connectivity index (χ3n) is 10.7. The maximum absolute atomic E-state index is 13.4. The van der Waals surface area contributed by atoms with E-state index >= 15 is 0 Å². The largest absolute Gasteiger partial charge is 0.518 e. The molecule has 5 atom stereocenters. The third kappa shape index (κ3) is 24.9. The fourth-order valence-electron chi connectivity index (χ4n) is 7.32. The van der Waals surface area contributed by atoms with Gasteiger partial charge in [0.25, 0.3) is 0 Å². The predicted octanol–water partition coefficient (Wildman–Crippen LogP) is 9.71.